The summed E-state index contributed by atoms with van der Waals surface area (Å²) in [5, 5.41) is 11.0. The summed E-state index contributed by atoms with van der Waals surface area (Å²) < 4.78 is 16.5. The van der Waals surface area contributed by atoms with Gasteiger partial charge >= 0.3 is 0 Å². The van der Waals surface area contributed by atoms with Gasteiger partial charge in [-0.3, -0.25) is 4.79 Å². The molecular weight excluding hydrogens is 480 g/mol. The van der Waals surface area contributed by atoms with Gasteiger partial charge in [0.05, 0.1) is 26.2 Å². The second-order valence-corrected chi connectivity index (χ2v) is 10.8. The van der Waals surface area contributed by atoms with Crippen LogP contribution in [0.15, 0.2) is 48.5 Å². The average molecular weight is 527 g/mol. The standard InChI is InChI=1S/C31H46N2O5/c1-24(2)22-33(23-30(36-4)37-5)29(35)14-20-38-19-13-25-11-12-28(34)27(21-25)31(15-17-32(3)18-16-31)26-9-7-6-8-10-26/h6-12,21,24,30,34H,13-20,22-23H2,1-5H3. The summed E-state index contributed by atoms with van der Waals surface area (Å²) in [6.07, 6.45) is 2.52. The monoisotopic (exact) mass is 526 g/mol. The number of hydrogen-bond acceptors (Lipinski definition) is 6. The van der Waals surface area contributed by atoms with Crippen LogP contribution in [-0.4, -0.2) is 87.8 Å². The maximum absolute atomic E-state index is 12.8. The molecule has 7 heteroatoms. The van der Waals surface area contributed by atoms with Crippen molar-refractivity contribution in [2.45, 2.75) is 51.2 Å². The highest BCUT2D eigenvalue weighted by molar-refractivity contribution is 5.76. The van der Waals surface area contributed by atoms with Gasteiger partial charge < -0.3 is 29.1 Å². The number of aromatic hydroxyl groups is 1. The van der Waals surface area contributed by atoms with Gasteiger partial charge in [0.1, 0.15) is 5.75 Å². The summed E-state index contributed by atoms with van der Waals surface area (Å²) in [6.45, 7) is 8.08. The van der Waals surface area contributed by atoms with Crippen LogP contribution in [0.4, 0.5) is 0 Å². The summed E-state index contributed by atoms with van der Waals surface area (Å²) in [6, 6.07) is 16.5. The third-order valence-electron chi connectivity index (χ3n) is 7.57. The number of rotatable bonds is 14. The van der Waals surface area contributed by atoms with Gasteiger partial charge in [0.15, 0.2) is 6.29 Å². The fraction of sp³-hybridized carbons (Fsp3) is 0.581. The molecule has 1 saturated heterocycles. The number of likely N-dealkylation sites (tertiary alicyclic amines) is 1. The number of carbonyl (C=O) groups is 1. The number of phenols is 1. The van der Waals surface area contributed by atoms with Gasteiger partial charge in [-0.2, -0.15) is 0 Å². The molecule has 0 bridgehead atoms. The molecule has 1 fully saturated rings. The fourth-order valence-electron chi connectivity index (χ4n) is 5.35. The first kappa shape index (κ1) is 30.1. The van der Waals surface area contributed by atoms with Gasteiger partial charge in [-0.1, -0.05) is 56.3 Å². The van der Waals surface area contributed by atoms with Crippen molar-refractivity contribution >= 4 is 5.91 Å². The van der Waals surface area contributed by atoms with Crippen LogP contribution < -0.4 is 0 Å². The van der Waals surface area contributed by atoms with Gasteiger partial charge in [0.25, 0.3) is 0 Å². The topological polar surface area (TPSA) is 71.5 Å². The first-order chi connectivity index (χ1) is 18.3. The normalized spacial score (nSPS) is 15.8. The van der Waals surface area contributed by atoms with Gasteiger partial charge in [-0.05, 0) is 62.5 Å². The van der Waals surface area contributed by atoms with E-state index in [2.05, 4.69) is 56.1 Å². The number of hydrogen-bond donors (Lipinski definition) is 1. The van der Waals surface area contributed by atoms with E-state index in [-0.39, 0.29) is 11.3 Å². The zero-order chi connectivity index (χ0) is 27.5. The van der Waals surface area contributed by atoms with Crippen LogP contribution >= 0.6 is 0 Å². The molecular formula is C31H46N2O5. The largest absolute Gasteiger partial charge is 0.508 e. The van der Waals surface area contributed by atoms with Crippen LogP contribution in [0, 0.1) is 5.92 Å². The lowest BCUT2D eigenvalue weighted by atomic mass is 9.67. The van der Waals surface area contributed by atoms with Crippen molar-refractivity contribution in [3.05, 3.63) is 65.2 Å². The molecule has 1 aliphatic heterocycles. The SMILES string of the molecule is COC(CN(CC(C)C)C(=O)CCOCCc1ccc(O)c(C2(c3ccccc3)CCN(C)CC2)c1)OC. The second kappa shape index (κ2) is 14.6. The lowest BCUT2D eigenvalue weighted by Crippen LogP contribution is -2.41. The van der Waals surface area contributed by atoms with Crippen LogP contribution in [-0.2, 0) is 30.8 Å². The molecule has 0 spiro atoms. The predicted octanol–water partition coefficient (Wildman–Crippen LogP) is 4.46. The van der Waals surface area contributed by atoms with Crippen LogP contribution in [0.25, 0.3) is 0 Å². The second-order valence-electron chi connectivity index (χ2n) is 10.8. The summed E-state index contributed by atoms with van der Waals surface area (Å²) >= 11 is 0. The Labute approximate surface area is 228 Å². The molecule has 0 radical (unpaired) electrons. The molecule has 0 saturated carbocycles. The number of ether oxygens (including phenoxy) is 3. The fourth-order valence-corrected chi connectivity index (χ4v) is 5.35. The molecule has 1 heterocycles. The molecule has 1 aliphatic rings. The number of carbonyl (C=O) groups excluding carboxylic acids is 1. The number of amides is 1. The highest BCUT2D eigenvalue weighted by Gasteiger charge is 2.39. The van der Waals surface area contributed by atoms with Crippen molar-refractivity contribution in [1.29, 1.82) is 0 Å². The molecule has 210 valence electrons. The molecule has 0 atom stereocenters. The van der Waals surface area contributed by atoms with E-state index in [0.29, 0.717) is 44.4 Å². The Kier molecular flexibility index (Phi) is 11.6. The van der Waals surface area contributed by atoms with E-state index in [0.717, 1.165) is 43.5 Å². The molecule has 0 aromatic heterocycles. The van der Waals surface area contributed by atoms with E-state index in [4.69, 9.17) is 14.2 Å². The molecule has 2 aromatic rings. The first-order valence-corrected chi connectivity index (χ1v) is 13.8. The van der Waals surface area contributed by atoms with Gasteiger partial charge in [0, 0.05) is 31.7 Å². The minimum absolute atomic E-state index is 0.0387. The zero-order valence-electron chi connectivity index (χ0n) is 23.8. The number of phenolic OH excluding ortho intramolecular Hbond substituents is 1. The lowest BCUT2D eigenvalue weighted by Gasteiger charge is -2.42. The number of benzene rings is 2. The maximum atomic E-state index is 12.8. The maximum Gasteiger partial charge on any atom is 0.225 e. The first-order valence-electron chi connectivity index (χ1n) is 13.8. The van der Waals surface area contributed by atoms with Crippen LogP contribution in [0.5, 0.6) is 5.75 Å². The average Bonchev–Trinajstić information content (AvgIpc) is 2.92. The molecule has 7 nitrogen and oxygen atoms in total. The van der Waals surface area contributed by atoms with E-state index in [1.165, 1.54) is 5.56 Å². The van der Waals surface area contributed by atoms with E-state index in [1.807, 2.05) is 18.2 Å². The van der Waals surface area contributed by atoms with E-state index < -0.39 is 6.29 Å². The predicted molar refractivity (Wildman–Crippen MR) is 150 cm³/mol. The summed E-state index contributed by atoms with van der Waals surface area (Å²) in [5.41, 5.74) is 3.18. The smallest absolute Gasteiger partial charge is 0.225 e. The zero-order valence-corrected chi connectivity index (χ0v) is 23.8. The Bertz CT molecular complexity index is 985. The van der Waals surface area contributed by atoms with Crippen molar-refractivity contribution in [3.8, 4) is 5.75 Å². The molecule has 38 heavy (non-hydrogen) atoms. The van der Waals surface area contributed by atoms with Crippen LogP contribution in [0.2, 0.25) is 0 Å². The van der Waals surface area contributed by atoms with Gasteiger partial charge in [0.2, 0.25) is 5.91 Å². The number of nitrogens with zero attached hydrogens (tertiary/aromatic N) is 2. The van der Waals surface area contributed by atoms with Crippen LogP contribution in [0.1, 0.15) is 49.8 Å². The molecule has 0 aliphatic carbocycles. The Morgan fingerprint density at radius 1 is 1.03 bits per heavy atom. The van der Waals surface area contributed by atoms with Crippen molar-refractivity contribution in [2.24, 2.45) is 5.92 Å². The van der Waals surface area contributed by atoms with Crippen LogP contribution in [0.3, 0.4) is 0 Å². The van der Waals surface area contributed by atoms with Crippen molar-refractivity contribution in [2.75, 3.05) is 60.7 Å². The van der Waals surface area contributed by atoms with Gasteiger partial charge in [-0.25, -0.2) is 0 Å². The molecule has 2 aromatic carbocycles. The van der Waals surface area contributed by atoms with E-state index >= 15 is 0 Å². The Hall–Kier alpha value is -2.45. The molecule has 1 amide bonds. The Balaban J connectivity index is 1.60. The van der Waals surface area contributed by atoms with Crippen molar-refractivity contribution < 1.29 is 24.1 Å². The number of piperidine rings is 1. The summed E-state index contributed by atoms with van der Waals surface area (Å²) in [5.74, 6) is 0.739. The number of methoxy groups -OCH3 is 2. The highest BCUT2D eigenvalue weighted by atomic mass is 16.7. The van der Waals surface area contributed by atoms with Crippen molar-refractivity contribution in [1.82, 2.24) is 9.80 Å². The quantitative estimate of drug-likeness (QED) is 0.290. The summed E-state index contributed by atoms with van der Waals surface area (Å²) in [4.78, 5) is 17.0. The summed E-state index contributed by atoms with van der Waals surface area (Å²) in [7, 11) is 5.32. The van der Waals surface area contributed by atoms with Gasteiger partial charge in [-0.15, -0.1) is 0 Å². The Morgan fingerprint density at radius 3 is 2.34 bits per heavy atom. The lowest BCUT2D eigenvalue weighted by molar-refractivity contribution is -0.147. The van der Waals surface area contributed by atoms with E-state index in [9.17, 15) is 9.90 Å². The Morgan fingerprint density at radius 2 is 1.71 bits per heavy atom. The highest BCUT2D eigenvalue weighted by Crippen LogP contribution is 2.45. The minimum Gasteiger partial charge on any atom is -0.508 e. The third kappa shape index (κ3) is 8.03. The minimum atomic E-state index is -0.439. The molecule has 3 rings (SSSR count). The third-order valence-corrected chi connectivity index (χ3v) is 7.57. The van der Waals surface area contributed by atoms with Crippen molar-refractivity contribution in [3.63, 3.8) is 0 Å². The van der Waals surface area contributed by atoms with E-state index in [1.54, 1.807) is 19.1 Å². The molecule has 0 unspecified atom stereocenters. The molecule has 1 N–H and O–H groups in total.